The maximum absolute atomic E-state index is 10.3. The molecule has 1 aromatic rings. The molecule has 0 fully saturated rings. The average Bonchev–Trinajstić information content (AvgIpc) is 1.90. The fraction of sp³-hybridized carbons (Fsp3) is 0. The smallest absolute Gasteiger partial charge is 0.156 e. The maximum Gasteiger partial charge on any atom is 0.546 e. The zero-order chi connectivity index (χ0) is 6.69. The van der Waals surface area contributed by atoms with Crippen LogP contribution in [0, 0.1) is 0 Å². The predicted octanol–water partition coefficient (Wildman–Crippen LogP) is 0.666. The van der Waals surface area contributed by atoms with Gasteiger partial charge in [0.1, 0.15) is 0 Å². The van der Waals surface area contributed by atoms with Gasteiger partial charge in [-0.1, -0.05) is 18.2 Å². The Morgan fingerprint density at radius 3 is 2.00 bits per heavy atom. The Kier molecular flexibility index (Phi) is 5.51. The molecule has 0 aliphatic rings. The van der Waals surface area contributed by atoms with Crippen LogP contribution in [0.15, 0.2) is 30.3 Å². The Labute approximate surface area is 90.1 Å². The molecule has 1 unspecified atom stereocenters. The molecule has 0 spiro atoms. The molecule has 0 aromatic heterocycles. The fourth-order valence-corrected chi connectivity index (χ4v) is 0.983. The molecule has 1 N–H and O–H groups in total. The molecule has 4 heteroatoms. The van der Waals surface area contributed by atoms with Crippen LogP contribution in [-0.4, -0.2) is 42.6 Å². The van der Waals surface area contributed by atoms with Crippen molar-refractivity contribution in [3.63, 3.8) is 0 Å². The monoisotopic (exact) mass is 181 g/mol. The van der Waals surface area contributed by atoms with Crippen LogP contribution < -0.4 is 5.30 Å². The van der Waals surface area contributed by atoms with Crippen molar-refractivity contribution in [1.82, 2.24) is 0 Å². The van der Waals surface area contributed by atoms with E-state index in [1.807, 2.05) is 6.07 Å². The third kappa shape index (κ3) is 3.09. The standard InChI is InChI=1S/C6H5O2P.Ca/c7-9(8)6-4-2-1-3-5-6;/h1-5H;/p+1. The minimum atomic E-state index is -2.15. The summed E-state index contributed by atoms with van der Waals surface area (Å²) in [6.07, 6.45) is 0. The van der Waals surface area contributed by atoms with Crippen LogP contribution in [0.1, 0.15) is 0 Å². The van der Waals surface area contributed by atoms with E-state index < -0.39 is 8.03 Å². The summed E-state index contributed by atoms with van der Waals surface area (Å²) in [7, 11) is -2.15. The summed E-state index contributed by atoms with van der Waals surface area (Å²) in [6.45, 7) is 0. The van der Waals surface area contributed by atoms with Gasteiger partial charge in [-0.2, -0.15) is 4.89 Å². The minimum absolute atomic E-state index is 0. The molecular formula is C6H6CaO2P+. The summed E-state index contributed by atoms with van der Waals surface area (Å²) in [5, 5.41) is 0.479. The predicted molar refractivity (Wildman–Crippen MR) is 41.7 cm³/mol. The van der Waals surface area contributed by atoms with Crippen molar-refractivity contribution in [3.8, 4) is 0 Å². The SMILES string of the molecule is O=[P+](O)c1ccccc1.[Ca]. The number of benzene rings is 1. The van der Waals surface area contributed by atoms with Gasteiger partial charge in [-0.15, -0.1) is 0 Å². The van der Waals surface area contributed by atoms with Crippen molar-refractivity contribution in [3.05, 3.63) is 30.3 Å². The van der Waals surface area contributed by atoms with Crippen molar-refractivity contribution < 1.29 is 9.46 Å². The van der Waals surface area contributed by atoms with Gasteiger partial charge >= 0.3 is 8.03 Å². The number of hydrogen-bond acceptors (Lipinski definition) is 1. The van der Waals surface area contributed by atoms with Crippen molar-refractivity contribution in [2.24, 2.45) is 0 Å². The molecule has 0 bridgehead atoms. The Hall–Kier alpha value is 0.540. The molecule has 2 nitrogen and oxygen atoms in total. The third-order valence-corrected chi connectivity index (χ3v) is 1.72. The van der Waals surface area contributed by atoms with Gasteiger partial charge in [0.25, 0.3) is 0 Å². The first-order chi connectivity index (χ1) is 4.30. The van der Waals surface area contributed by atoms with Crippen LogP contribution >= 0.6 is 8.03 Å². The second-order valence-electron chi connectivity index (χ2n) is 1.61. The summed E-state index contributed by atoms with van der Waals surface area (Å²) in [6, 6.07) is 8.53. The normalized spacial score (nSPS) is 9.90. The molecule has 1 aromatic carbocycles. The number of rotatable bonds is 1. The zero-order valence-electron chi connectivity index (χ0n) is 5.40. The largest absolute Gasteiger partial charge is 0.546 e. The van der Waals surface area contributed by atoms with E-state index in [0.29, 0.717) is 5.30 Å². The first kappa shape index (κ1) is 10.5. The summed E-state index contributed by atoms with van der Waals surface area (Å²) in [4.78, 5) is 8.53. The van der Waals surface area contributed by atoms with E-state index >= 15 is 0 Å². The van der Waals surface area contributed by atoms with E-state index in [4.69, 9.17) is 4.89 Å². The van der Waals surface area contributed by atoms with Gasteiger partial charge in [-0.05, 0) is 16.7 Å². The molecule has 2 radical (unpaired) electrons. The van der Waals surface area contributed by atoms with Crippen LogP contribution in [0.4, 0.5) is 0 Å². The van der Waals surface area contributed by atoms with Gasteiger partial charge in [-0.3, -0.25) is 0 Å². The first-order valence-corrected chi connectivity index (χ1v) is 3.73. The van der Waals surface area contributed by atoms with Gasteiger partial charge in [0.2, 0.25) is 5.30 Å². The summed E-state index contributed by atoms with van der Waals surface area (Å²) in [5.74, 6) is 0. The molecule has 0 heterocycles. The van der Waals surface area contributed by atoms with Gasteiger partial charge < -0.3 is 0 Å². The second kappa shape index (κ2) is 5.22. The average molecular weight is 181 g/mol. The van der Waals surface area contributed by atoms with E-state index in [-0.39, 0.29) is 37.7 Å². The van der Waals surface area contributed by atoms with Gasteiger partial charge in [0.05, 0.1) is 0 Å². The molecule has 0 saturated carbocycles. The second-order valence-corrected chi connectivity index (χ2v) is 2.67. The Morgan fingerprint density at radius 1 is 1.20 bits per heavy atom. The van der Waals surface area contributed by atoms with Crippen LogP contribution in [0.25, 0.3) is 0 Å². The molecule has 10 heavy (non-hydrogen) atoms. The van der Waals surface area contributed by atoms with Crippen LogP contribution in [0.2, 0.25) is 0 Å². The van der Waals surface area contributed by atoms with E-state index in [9.17, 15) is 4.57 Å². The van der Waals surface area contributed by atoms with Gasteiger partial charge in [0.15, 0.2) is 0 Å². The molecule has 48 valence electrons. The molecule has 0 aliphatic carbocycles. The molecule has 0 amide bonds. The Morgan fingerprint density at radius 2 is 1.70 bits per heavy atom. The van der Waals surface area contributed by atoms with Crippen LogP contribution in [0.3, 0.4) is 0 Å². The maximum atomic E-state index is 10.3. The van der Waals surface area contributed by atoms with E-state index in [2.05, 4.69) is 0 Å². The summed E-state index contributed by atoms with van der Waals surface area (Å²) in [5.41, 5.74) is 0. The molecule has 1 rings (SSSR count). The Bertz CT molecular complexity index is 212. The van der Waals surface area contributed by atoms with Gasteiger partial charge in [-0.25, -0.2) is 0 Å². The van der Waals surface area contributed by atoms with Crippen molar-refractivity contribution >= 4 is 51.1 Å². The topological polar surface area (TPSA) is 37.3 Å². The molecule has 0 saturated heterocycles. The first-order valence-electron chi connectivity index (χ1n) is 2.52. The third-order valence-electron chi connectivity index (χ3n) is 0.977. The summed E-state index contributed by atoms with van der Waals surface area (Å²) < 4.78 is 10.3. The van der Waals surface area contributed by atoms with Crippen molar-refractivity contribution in [2.75, 3.05) is 0 Å². The molecule has 1 atom stereocenters. The van der Waals surface area contributed by atoms with Crippen LogP contribution in [-0.2, 0) is 4.57 Å². The molecular weight excluding hydrogens is 175 g/mol. The fourth-order valence-electron chi connectivity index (χ4n) is 0.556. The minimum Gasteiger partial charge on any atom is -0.156 e. The van der Waals surface area contributed by atoms with Gasteiger partial charge in [0, 0.05) is 37.7 Å². The number of hydrogen-bond donors (Lipinski definition) is 1. The van der Waals surface area contributed by atoms with E-state index in [0.717, 1.165) is 0 Å². The zero-order valence-corrected chi connectivity index (χ0v) is 8.50. The van der Waals surface area contributed by atoms with Crippen molar-refractivity contribution in [2.45, 2.75) is 0 Å². The summed E-state index contributed by atoms with van der Waals surface area (Å²) >= 11 is 0. The van der Waals surface area contributed by atoms with Crippen LogP contribution in [0.5, 0.6) is 0 Å². The van der Waals surface area contributed by atoms with E-state index in [1.165, 1.54) is 0 Å². The quantitative estimate of drug-likeness (QED) is 0.510. The van der Waals surface area contributed by atoms with E-state index in [1.54, 1.807) is 24.3 Å². The molecule has 0 aliphatic heterocycles. The van der Waals surface area contributed by atoms with Crippen molar-refractivity contribution in [1.29, 1.82) is 0 Å². The Balaban J connectivity index is 0.000000810.